The number of nitrogens with zero attached hydrogens (tertiary/aromatic N) is 3. The average Bonchev–Trinajstić information content (AvgIpc) is 3.12. The quantitative estimate of drug-likeness (QED) is 0.936. The van der Waals surface area contributed by atoms with E-state index in [0.29, 0.717) is 0 Å². The zero-order valence-electron chi connectivity index (χ0n) is 14.7. The topological polar surface area (TPSA) is 48.5 Å². The van der Waals surface area contributed by atoms with Crippen molar-refractivity contribution in [2.24, 2.45) is 0 Å². The monoisotopic (exact) mass is 336 g/mol. The summed E-state index contributed by atoms with van der Waals surface area (Å²) in [6, 6.07) is 9.98. The highest BCUT2D eigenvalue weighted by Gasteiger charge is 2.19. The average molecular weight is 336 g/mol. The van der Waals surface area contributed by atoms with E-state index in [-0.39, 0.29) is 5.91 Å². The molecule has 0 unspecified atom stereocenters. The maximum absolute atomic E-state index is 12.6. The van der Waals surface area contributed by atoms with Crippen LogP contribution >= 0.6 is 0 Å². The Kier molecular flexibility index (Phi) is 4.40. The molecule has 0 spiro atoms. The molecule has 1 aromatic heterocycles. The second-order valence-electron chi connectivity index (χ2n) is 6.95. The molecule has 1 fully saturated rings. The number of nitrogens with one attached hydrogen (secondary N) is 1. The highest BCUT2D eigenvalue weighted by Crippen LogP contribution is 2.26. The van der Waals surface area contributed by atoms with Gasteiger partial charge in [0.25, 0.3) is 5.91 Å². The van der Waals surface area contributed by atoms with Crippen LogP contribution in [0.4, 0.5) is 11.5 Å². The zero-order chi connectivity index (χ0) is 17.2. The number of piperazine rings is 1. The molecule has 0 saturated carbocycles. The molecule has 0 atom stereocenters. The van der Waals surface area contributed by atoms with Crippen molar-refractivity contribution >= 4 is 17.4 Å². The Labute approximate surface area is 148 Å². The first kappa shape index (κ1) is 16.1. The van der Waals surface area contributed by atoms with Crippen LogP contribution in [0.2, 0.25) is 0 Å². The molecule has 1 aromatic carbocycles. The Hall–Kier alpha value is -2.40. The fraction of sp³-hybridized carbons (Fsp3) is 0.400. The number of fused-ring (bicyclic) bond motifs is 1. The van der Waals surface area contributed by atoms with Crippen molar-refractivity contribution in [2.75, 3.05) is 43.4 Å². The normalized spacial score (nSPS) is 17.4. The third kappa shape index (κ3) is 3.37. The molecule has 0 radical (unpaired) electrons. The number of hydrogen-bond acceptors (Lipinski definition) is 4. The van der Waals surface area contributed by atoms with Gasteiger partial charge in [0.15, 0.2) is 0 Å². The van der Waals surface area contributed by atoms with Crippen molar-refractivity contribution in [3.05, 3.63) is 53.2 Å². The molecular weight excluding hydrogens is 312 g/mol. The van der Waals surface area contributed by atoms with Gasteiger partial charge in [-0.2, -0.15) is 0 Å². The fourth-order valence-electron chi connectivity index (χ4n) is 3.71. The predicted octanol–water partition coefficient (Wildman–Crippen LogP) is 2.57. The van der Waals surface area contributed by atoms with Gasteiger partial charge in [-0.3, -0.25) is 4.79 Å². The molecule has 2 aliphatic rings. The second kappa shape index (κ2) is 6.84. The van der Waals surface area contributed by atoms with Crippen molar-refractivity contribution in [1.29, 1.82) is 0 Å². The maximum atomic E-state index is 12.6. The fourth-order valence-corrected chi connectivity index (χ4v) is 3.71. The summed E-state index contributed by atoms with van der Waals surface area (Å²) in [6.45, 7) is 4.09. The Morgan fingerprint density at radius 2 is 1.92 bits per heavy atom. The highest BCUT2D eigenvalue weighted by atomic mass is 16.1. The first-order chi connectivity index (χ1) is 12.2. The van der Waals surface area contributed by atoms with Gasteiger partial charge in [0.05, 0.1) is 11.9 Å². The number of carbonyl (C=O) groups excluding carboxylic acids is 1. The highest BCUT2D eigenvalue weighted by molar-refractivity contribution is 6.05. The van der Waals surface area contributed by atoms with Crippen LogP contribution in [0.15, 0.2) is 36.5 Å². The predicted molar refractivity (Wildman–Crippen MR) is 100 cm³/mol. The van der Waals surface area contributed by atoms with Crippen molar-refractivity contribution < 1.29 is 4.79 Å². The molecule has 2 heterocycles. The molecule has 5 nitrogen and oxygen atoms in total. The summed E-state index contributed by atoms with van der Waals surface area (Å²) in [5.74, 6) is 0.944. The standard InChI is InChI=1S/C20H24N4O/c1-23-10-12-24(13-11-23)19-9-8-16(14-21-19)22-20(25)18-7-3-5-15-4-2-6-17(15)18/h3,5,7-9,14H,2,4,6,10-13H2,1H3,(H,22,25). The minimum atomic E-state index is -0.0344. The first-order valence-corrected chi connectivity index (χ1v) is 9.02. The number of carbonyl (C=O) groups is 1. The molecule has 130 valence electrons. The largest absolute Gasteiger partial charge is 0.354 e. The van der Waals surface area contributed by atoms with E-state index in [1.807, 2.05) is 24.3 Å². The third-order valence-corrected chi connectivity index (χ3v) is 5.22. The second-order valence-corrected chi connectivity index (χ2v) is 6.95. The summed E-state index contributed by atoms with van der Waals surface area (Å²) in [5.41, 5.74) is 4.08. The van der Waals surface area contributed by atoms with E-state index in [0.717, 1.165) is 62.5 Å². The molecule has 5 heteroatoms. The molecule has 1 aliphatic carbocycles. The number of amides is 1. The van der Waals surface area contributed by atoms with Crippen molar-refractivity contribution in [1.82, 2.24) is 9.88 Å². The summed E-state index contributed by atoms with van der Waals surface area (Å²) in [4.78, 5) is 21.8. The molecule has 1 N–H and O–H groups in total. The van der Waals surface area contributed by atoms with E-state index in [1.165, 1.54) is 11.1 Å². The third-order valence-electron chi connectivity index (χ3n) is 5.22. The van der Waals surface area contributed by atoms with Crippen LogP contribution in [-0.4, -0.2) is 49.0 Å². The van der Waals surface area contributed by atoms with E-state index in [9.17, 15) is 4.79 Å². The molecule has 0 bridgehead atoms. The number of pyridine rings is 1. The molecule has 25 heavy (non-hydrogen) atoms. The Morgan fingerprint density at radius 1 is 1.08 bits per heavy atom. The first-order valence-electron chi connectivity index (χ1n) is 9.02. The number of aromatic nitrogens is 1. The minimum absolute atomic E-state index is 0.0344. The van der Waals surface area contributed by atoms with Crippen molar-refractivity contribution in [3.8, 4) is 0 Å². The Morgan fingerprint density at radius 3 is 2.68 bits per heavy atom. The van der Waals surface area contributed by atoms with Gasteiger partial charge in [0.2, 0.25) is 0 Å². The van der Waals surface area contributed by atoms with Gasteiger partial charge >= 0.3 is 0 Å². The van der Waals surface area contributed by atoms with E-state index in [4.69, 9.17) is 0 Å². The van der Waals surface area contributed by atoms with Crippen LogP contribution in [0.25, 0.3) is 0 Å². The van der Waals surface area contributed by atoms with Crippen molar-refractivity contribution in [3.63, 3.8) is 0 Å². The summed E-state index contributed by atoms with van der Waals surface area (Å²) >= 11 is 0. The molecule has 1 amide bonds. The number of anilines is 2. The molecule has 1 saturated heterocycles. The van der Waals surface area contributed by atoms with Crippen LogP contribution < -0.4 is 10.2 Å². The van der Waals surface area contributed by atoms with Crippen LogP contribution in [0, 0.1) is 0 Å². The number of rotatable bonds is 3. The summed E-state index contributed by atoms with van der Waals surface area (Å²) in [7, 11) is 2.14. The lowest BCUT2D eigenvalue weighted by Crippen LogP contribution is -2.44. The molecule has 1 aliphatic heterocycles. The van der Waals surface area contributed by atoms with E-state index in [1.54, 1.807) is 6.20 Å². The maximum Gasteiger partial charge on any atom is 0.255 e. The van der Waals surface area contributed by atoms with E-state index in [2.05, 4.69) is 33.2 Å². The van der Waals surface area contributed by atoms with Gasteiger partial charge in [-0.05, 0) is 55.6 Å². The van der Waals surface area contributed by atoms with Gasteiger partial charge in [-0.15, -0.1) is 0 Å². The van der Waals surface area contributed by atoms with Gasteiger partial charge < -0.3 is 15.1 Å². The number of benzene rings is 1. The van der Waals surface area contributed by atoms with Crippen LogP contribution in [0.1, 0.15) is 27.9 Å². The molecular formula is C20H24N4O. The Bertz CT molecular complexity index is 764. The number of hydrogen-bond donors (Lipinski definition) is 1. The van der Waals surface area contributed by atoms with Gasteiger partial charge in [0, 0.05) is 31.7 Å². The van der Waals surface area contributed by atoms with Crippen molar-refractivity contribution in [2.45, 2.75) is 19.3 Å². The molecule has 2 aromatic rings. The SMILES string of the molecule is CN1CCN(c2ccc(NC(=O)c3cccc4c3CCC4)cn2)CC1. The van der Waals surface area contributed by atoms with Gasteiger partial charge in [-0.1, -0.05) is 12.1 Å². The smallest absolute Gasteiger partial charge is 0.255 e. The van der Waals surface area contributed by atoms with Crippen LogP contribution in [0.5, 0.6) is 0 Å². The lowest BCUT2D eigenvalue weighted by molar-refractivity contribution is 0.102. The Balaban J connectivity index is 1.45. The lowest BCUT2D eigenvalue weighted by atomic mass is 10.0. The number of likely N-dealkylation sites (N-methyl/N-ethyl adjacent to an activating group) is 1. The minimum Gasteiger partial charge on any atom is -0.354 e. The van der Waals surface area contributed by atoms with Crippen LogP contribution in [-0.2, 0) is 12.8 Å². The van der Waals surface area contributed by atoms with E-state index < -0.39 is 0 Å². The summed E-state index contributed by atoms with van der Waals surface area (Å²) in [6.07, 6.45) is 4.98. The number of aryl methyl sites for hydroxylation is 1. The molecule has 4 rings (SSSR count). The summed E-state index contributed by atoms with van der Waals surface area (Å²) in [5, 5.41) is 3.00. The lowest BCUT2D eigenvalue weighted by Gasteiger charge is -2.33. The zero-order valence-corrected chi connectivity index (χ0v) is 14.7. The summed E-state index contributed by atoms with van der Waals surface area (Å²) < 4.78 is 0. The van der Waals surface area contributed by atoms with Gasteiger partial charge in [0.1, 0.15) is 5.82 Å². The van der Waals surface area contributed by atoms with E-state index >= 15 is 0 Å². The van der Waals surface area contributed by atoms with Crippen LogP contribution in [0.3, 0.4) is 0 Å². The van der Waals surface area contributed by atoms with Gasteiger partial charge in [-0.25, -0.2) is 4.98 Å².